The number of rotatable bonds is 1. The van der Waals surface area contributed by atoms with Gasteiger partial charge in [-0.05, 0) is 18.2 Å². The third kappa shape index (κ3) is 1.13. The van der Waals surface area contributed by atoms with Gasteiger partial charge in [-0.15, -0.1) is 0 Å². The van der Waals surface area contributed by atoms with Gasteiger partial charge >= 0.3 is 0 Å². The predicted octanol–water partition coefficient (Wildman–Crippen LogP) is 2.87. The van der Waals surface area contributed by atoms with E-state index in [4.69, 9.17) is 0 Å². The Morgan fingerprint density at radius 1 is 1.00 bits per heavy atom. The molecule has 0 aliphatic carbocycles. The zero-order valence-corrected chi connectivity index (χ0v) is 7.99. The Kier molecular flexibility index (Phi) is 1.59. The molecule has 0 spiro atoms. The number of aromatic amines is 2. The Bertz CT molecular complexity index is 593. The van der Waals surface area contributed by atoms with Gasteiger partial charge in [-0.3, -0.25) is 0 Å². The summed E-state index contributed by atoms with van der Waals surface area (Å²) in [6, 6.07) is 11.7. The van der Waals surface area contributed by atoms with E-state index in [-0.39, 0.29) is 5.88 Å². The molecule has 0 amide bonds. The highest BCUT2D eigenvalue weighted by atomic mass is 16.3. The van der Waals surface area contributed by atoms with Crippen molar-refractivity contribution >= 4 is 10.9 Å². The zero-order valence-electron chi connectivity index (χ0n) is 7.99. The highest BCUT2D eigenvalue weighted by Gasteiger charge is 2.12. The van der Waals surface area contributed by atoms with Crippen molar-refractivity contribution in [2.45, 2.75) is 0 Å². The minimum absolute atomic E-state index is 0.207. The van der Waals surface area contributed by atoms with E-state index in [2.05, 4.69) is 9.97 Å². The molecular formula is C12H10N2O. The van der Waals surface area contributed by atoms with Crippen LogP contribution in [0.2, 0.25) is 0 Å². The lowest BCUT2D eigenvalue weighted by atomic mass is 10.1. The second-order valence-corrected chi connectivity index (χ2v) is 3.48. The van der Waals surface area contributed by atoms with Crippen LogP contribution < -0.4 is 0 Å². The fourth-order valence-electron chi connectivity index (χ4n) is 1.89. The molecule has 3 aromatic rings. The van der Waals surface area contributed by atoms with Gasteiger partial charge in [-0.25, -0.2) is 0 Å². The Labute approximate surface area is 86.4 Å². The SMILES string of the molecule is Oc1[nH]c2ccccc2c1-c1ccc[nH]1. The van der Waals surface area contributed by atoms with Crippen molar-refractivity contribution in [3.63, 3.8) is 0 Å². The molecule has 2 aromatic heterocycles. The molecule has 74 valence electrons. The van der Waals surface area contributed by atoms with E-state index in [1.807, 2.05) is 42.6 Å². The number of benzene rings is 1. The lowest BCUT2D eigenvalue weighted by Crippen LogP contribution is -1.74. The molecule has 0 saturated heterocycles. The van der Waals surface area contributed by atoms with Crippen molar-refractivity contribution in [2.75, 3.05) is 0 Å². The maximum Gasteiger partial charge on any atom is 0.199 e. The average molecular weight is 198 g/mol. The molecule has 0 saturated carbocycles. The van der Waals surface area contributed by atoms with E-state index < -0.39 is 0 Å². The van der Waals surface area contributed by atoms with Crippen LogP contribution >= 0.6 is 0 Å². The Morgan fingerprint density at radius 2 is 1.87 bits per heavy atom. The number of hydrogen-bond donors (Lipinski definition) is 3. The van der Waals surface area contributed by atoms with Gasteiger partial charge < -0.3 is 15.1 Å². The molecule has 0 atom stereocenters. The van der Waals surface area contributed by atoms with Gasteiger partial charge in [0.15, 0.2) is 5.88 Å². The van der Waals surface area contributed by atoms with Gasteiger partial charge in [0.05, 0.1) is 11.3 Å². The second-order valence-electron chi connectivity index (χ2n) is 3.48. The van der Waals surface area contributed by atoms with E-state index in [0.29, 0.717) is 0 Å². The van der Waals surface area contributed by atoms with Crippen LogP contribution in [0, 0.1) is 0 Å². The van der Waals surface area contributed by atoms with Crippen LogP contribution in [-0.4, -0.2) is 15.1 Å². The molecule has 3 rings (SSSR count). The van der Waals surface area contributed by atoms with Gasteiger partial charge in [-0.1, -0.05) is 18.2 Å². The Morgan fingerprint density at radius 3 is 2.67 bits per heavy atom. The van der Waals surface area contributed by atoms with Crippen molar-refractivity contribution in [2.24, 2.45) is 0 Å². The topological polar surface area (TPSA) is 51.8 Å². The summed E-state index contributed by atoms with van der Waals surface area (Å²) in [6.07, 6.45) is 1.84. The first-order valence-corrected chi connectivity index (χ1v) is 4.79. The molecule has 0 aliphatic rings. The molecule has 1 aromatic carbocycles. The second kappa shape index (κ2) is 2.92. The van der Waals surface area contributed by atoms with E-state index in [1.165, 1.54) is 0 Å². The van der Waals surface area contributed by atoms with Gasteiger partial charge in [-0.2, -0.15) is 0 Å². The van der Waals surface area contributed by atoms with Crippen LogP contribution in [0.25, 0.3) is 22.2 Å². The fourth-order valence-corrected chi connectivity index (χ4v) is 1.89. The number of nitrogens with one attached hydrogen (secondary N) is 2. The number of fused-ring (bicyclic) bond motifs is 1. The molecule has 3 nitrogen and oxygen atoms in total. The van der Waals surface area contributed by atoms with Crippen molar-refractivity contribution in [3.8, 4) is 17.1 Å². The summed E-state index contributed by atoms with van der Waals surface area (Å²) < 4.78 is 0. The van der Waals surface area contributed by atoms with Crippen LogP contribution in [-0.2, 0) is 0 Å². The summed E-state index contributed by atoms with van der Waals surface area (Å²) in [5, 5.41) is 10.9. The van der Waals surface area contributed by atoms with Gasteiger partial charge in [0.2, 0.25) is 0 Å². The summed E-state index contributed by atoms with van der Waals surface area (Å²) in [6.45, 7) is 0. The standard InChI is InChI=1S/C12H10N2O/c15-12-11(10-6-3-7-13-10)8-4-1-2-5-9(8)14-12/h1-7,13-15H. The maximum absolute atomic E-state index is 9.83. The van der Waals surface area contributed by atoms with Gasteiger partial charge in [0, 0.05) is 17.1 Å². The summed E-state index contributed by atoms with van der Waals surface area (Å²) in [7, 11) is 0. The first kappa shape index (κ1) is 8.17. The molecule has 0 fully saturated rings. The molecule has 2 heterocycles. The molecule has 15 heavy (non-hydrogen) atoms. The molecule has 0 bridgehead atoms. The van der Waals surface area contributed by atoms with Gasteiger partial charge in [0.25, 0.3) is 0 Å². The van der Waals surface area contributed by atoms with Crippen molar-refractivity contribution in [3.05, 3.63) is 42.6 Å². The van der Waals surface area contributed by atoms with E-state index in [9.17, 15) is 5.11 Å². The van der Waals surface area contributed by atoms with Crippen LogP contribution in [0.4, 0.5) is 0 Å². The molecule has 0 unspecified atom stereocenters. The van der Waals surface area contributed by atoms with Gasteiger partial charge in [0.1, 0.15) is 0 Å². The first-order valence-electron chi connectivity index (χ1n) is 4.79. The van der Waals surface area contributed by atoms with E-state index in [1.54, 1.807) is 0 Å². The number of aromatic nitrogens is 2. The normalized spacial score (nSPS) is 10.9. The van der Waals surface area contributed by atoms with Crippen molar-refractivity contribution < 1.29 is 5.11 Å². The maximum atomic E-state index is 9.83. The number of aromatic hydroxyl groups is 1. The number of hydrogen-bond acceptors (Lipinski definition) is 1. The van der Waals surface area contributed by atoms with Crippen LogP contribution in [0.5, 0.6) is 5.88 Å². The Balaban J connectivity index is 2.39. The molecular weight excluding hydrogens is 188 g/mol. The lowest BCUT2D eigenvalue weighted by molar-refractivity contribution is 0.460. The smallest absolute Gasteiger partial charge is 0.199 e. The van der Waals surface area contributed by atoms with Crippen molar-refractivity contribution in [1.82, 2.24) is 9.97 Å². The molecule has 0 radical (unpaired) electrons. The summed E-state index contributed by atoms with van der Waals surface area (Å²) in [5.41, 5.74) is 2.69. The molecule has 0 aliphatic heterocycles. The van der Waals surface area contributed by atoms with Crippen LogP contribution in [0.3, 0.4) is 0 Å². The number of H-pyrrole nitrogens is 2. The number of para-hydroxylation sites is 1. The fraction of sp³-hybridized carbons (Fsp3) is 0. The van der Waals surface area contributed by atoms with Crippen LogP contribution in [0.15, 0.2) is 42.6 Å². The third-order valence-corrected chi connectivity index (χ3v) is 2.55. The zero-order chi connectivity index (χ0) is 10.3. The Hall–Kier alpha value is -2.16. The summed E-state index contributed by atoms with van der Waals surface area (Å²) in [5.74, 6) is 0.207. The largest absolute Gasteiger partial charge is 0.494 e. The summed E-state index contributed by atoms with van der Waals surface area (Å²) >= 11 is 0. The quantitative estimate of drug-likeness (QED) is 0.553. The summed E-state index contributed by atoms with van der Waals surface area (Å²) in [4.78, 5) is 6.04. The molecule has 3 N–H and O–H groups in total. The van der Waals surface area contributed by atoms with Crippen molar-refractivity contribution in [1.29, 1.82) is 0 Å². The average Bonchev–Trinajstić information content (AvgIpc) is 2.82. The predicted molar refractivity (Wildman–Crippen MR) is 59.8 cm³/mol. The van der Waals surface area contributed by atoms with E-state index >= 15 is 0 Å². The highest BCUT2D eigenvalue weighted by Crippen LogP contribution is 2.35. The molecule has 3 heteroatoms. The monoisotopic (exact) mass is 198 g/mol. The highest BCUT2D eigenvalue weighted by molar-refractivity contribution is 5.97. The lowest BCUT2D eigenvalue weighted by Gasteiger charge is -1.95. The van der Waals surface area contributed by atoms with E-state index in [0.717, 1.165) is 22.2 Å². The van der Waals surface area contributed by atoms with Crippen LogP contribution in [0.1, 0.15) is 0 Å². The minimum Gasteiger partial charge on any atom is -0.494 e. The minimum atomic E-state index is 0.207. The first-order chi connectivity index (χ1) is 7.36. The third-order valence-electron chi connectivity index (χ3n) is 2.55.